The molecule has 0 saturated carbocycles. The monoisotopic (exact) mass is 386 g/mol. The van der Waals surface area contributed by atoms with E-state index in [-0.39, 0.29) is 18.5 Å². The summed E-state index contributed by atoms with van der Waals surface area (Å²) in [7, 11) is 5.72. The molecule has 1 aromatic carbocycles. The highest BCUT2D eigenvalue weighted by atomic mass is 32.1. The number of urea groups is 1. The third-order valence-corrected chi connectivity index (χ3v) is 5.79. The third-order valence-electron chi connectivity index (χ3n) is 4.77. The Kier molecular flexibility index (Phi) is 6.01. The average molecular weight is 387 g/mol. The highest BCUT2D eigenvalue weighted by Crippen LogP contribution is 2.23. The maximum atomic E-state index is 12.4. The van der Waals surface area contributed by atoms with Crippen molar-refractivity contribution in [2.75, 3.05) is 39.1 Å². The Balaban J connectivity index is 1.46. The first-order chi connectivity index (χ1) is 12.9. The molecule has 1 N–H and O–H groups in total. The van der Waals surface area contributed by atoms with Gasteiger partial charge in [0.15, 0.2) is 0 Å². The van der Waals surface area contributed by atoms with Crippen LogP contribution in [0.1, 0.15) is 16.0 Å². The quantitative estimate of drug-likeness (QED) is 0.859. The molecule has 3 amide bonds. The van der Waals surface area contributed by atoms with E-state index in [0.717, 1.165) is 24.2 Å². The number of thiophene rings is 1. The van der Waals surface area contributed by atoms with Crippen molar-refractivity contribution in [2.45, 2.75) is 19.5 Å². The minimum Gasteiger partial charge on any atom is -0.378 e. The molecule has 1 aliphatic rings. The van der Waals surface area contributed by atoms with E-state index in [2.05, 4.69) is 16.8 Å². The number of rotatable bonds is 5. The maximum absolute atomic E-state index is 12.4. The Morgan fingerprint density at radius 2 is 1.89 bits per heavy atom. The number of nitrogens with zero attached hydrogens (tertiary/aromatic N) is 3. The molecule has 1 aliphatic heterocycles. The first kappa shape index (κ1) is 19.2. The van der Waals surface area contributed by atoms with Gasteiger partial charge in [0, 0.05) is 51.3 Å². The molecule has 0 radical (unpaired) electrons. The Hall–Kier alpha value is -2.54. The van der Waals surface area contributed by atoms with Crippen LogP contribution in [0, 0.1) is 0 Å². The number of benzene rings is 1. The molecule has 0 fully saturated rings. The molecule has 2 aromatic rings. The average Bonchev–Trinajstić information content (AvgIpc) is 3.13. The van der Waals surface area contributed by atoms with E-state index in [1.807, 2.05) is 48.2 Å². The lowest BCUT2D eigenvalue weighted by Crippen LogP contribution is -2.45. The number of anilines is 1. The zero-order valence-corrected chi connectivity index (χ0v) is 16.9. The lowest BCUT2D eigenvalue weighted by molar-refractivity contribution is -0.131. The number of hydrogen-bond donors (Lipinski definition) is 1. The fourth-order valence-electron chi connectivity index (χ4n) is 3.10. The lowest BCUT2D eigenvalue weighted by atomic mass is 10.1. The van der Waals surface area contributed by atoms with Crippen LogP contribution in [0.3, 0.4) is 0 Å². The van der Waals surface area contributed by atoms with Gasteiger partial charge in [0.25, 0.3) is 0 Å². The molecular weight excluding hydrogens is 360 g/mol. The van der Waals surface area contributed by atoms with Gasteiger partial charge < -0.3 is 20.0 Å². The summed E-state index contributed by atoms with van der Waals surface area (Å²) in [5, 5.41) is 4.81. The van der Waals surface area contributed by atoms with Gasteiger partial charge in [-0.25, -0.2) is 4.79 Å². The number of amides is 3. The second-order valence-corrected chi connectivity index (χ2v) is 8.01. The van der Waals surface area contributed by atoms with Gasteiger partial charge in [-0.05, 0) is 41.1 Å². The Morgan fingerprint density at radius 1 is 1.15 bits per heavy atom. The number of carbonyl (C=O) groups is 2. The van der Waals surface area contributed by atoms with Crippen molar-refractivity contribution >= 4 is 29.0 Å². The number of nitrogens with one attached hydrogen (secondary N) is 1. The van der Waals surface area contributed by atoms with Gasteiger partial charge in [0.1, 0.15) is 0 Å². The largest absolute Gasteiger partial charge is 0.378 e. The van der Waals surface area contributed by atoms with E-state index in [1.165, 1.54) is 10.4 Å². The van der Waals surface area contributed by atoms with Crippen LogP contribution in [0.5, 0.6) is 0 Å². The van der Waals surface area contributed by atoms with E-state index in [9.17, 15) is 9.59 Å². The second-order valence-electron chi connectivity index (χ2n) is 7.01. The molecular formula is C20H26N4O2S. The van der Waals surface area contributed by atoms with Crippen molar-refractivity contribution in [1.29, 1.82) is 0 Å². The normalized spacial score (nSPS) is 13.1. The van der Waals surface area contributed by atoms with Crippen molar-refractivity contribution in [2.24, 2.45) is 0 Å². The van der Waals surface area contributed by atoms with E-state index in [4.69, 9.17) is 0 Å². The zero-order valence-electron chi connectivity index (χ0n) is 16.1. The molecule has 0 unspecified atom stereocenters. The summed E-state index contributed by atoms with van der Waals surface area (Å²) < 4.78 is 0. The molecule has 3 rings (SSSR count). The van der Waals surface area contributed by atoms with Crippen LogP contribution < -0.4 is 10.2 Å². The minimum absolute atomic E-state index is 0.0300. The topological polar surface area (TPSA) is 55.9 Å². The van der Waals surface area contributed by atoms with Gasteiger partial charge in [-0.2, -0.15) is 0 Å². The Labute approximate surface area is 164 Å². The molecule has 0 spiro atoms. The first-order valence-corrected chi connectivity index (χ1v) is 9.90. The third kappa shape index (κ3) is 4.80. The van der Waals surface area contributed by atoms with Crippen molar-refractivity contribution < 1.29 is 9.59 Å². The molecule has 6 nitrogen and oxygen atoms in total. The molecule has 2 heterocycles. The summed E-state index contributed by atoms with van der Waals surface area (Å²) in [6, 6.07) is 9.91. The number of hydrogen-bond acceptors (Lipinski definition) is 4. The summed E-state index contributed by atoms with van der Waals surface area (Å²) in [5.41, 5.74) is 3.39. The second kappa shape index (κ2) is 8.43. The molecule has 0 atom stereocenters. The lowest BCUT2D eigenvalue weighted by Gasteiger charge is -2.27. The van der Waals surface area contributed by atoms with Crippen LogP contribution >= 0.6 is 11.3 Å². The van der Waals surface area contributed by atoms with E-state index < -0.39 is 0 Å². The van der Waals surface area contributed by atoms with Crippen LogP contribution in [-0.2, 0) is 24.3 Å². The van der Waals surface area contributed by atoms with Gasteiger partial charge in [-0.15, -0.1) is 11.3 Å². The van der Waals surface area contributed by atoms with Crippen LogP contribution in [0.25, 0.3) is 0 Å². The summed E-state index contributed by atoms with van der Waals surface area (Å²) in [5.74, 6) is -0.0380. The molecule has 0 aliphatic carbocycles. The van der Waals surface area contributed by atoms with Crippen molar-refractivity contribution in [3.05, 3.63) is 51.7 Å². The van der Waals surface area contributed by atoms with Gasteiger partial charge in [-0.1, -0.05) is 12.1 Å². The summed E-state index contributed by atoms with van der Waals surface area (Å²) in [6.45, 7) is 1.88. The van der Waals surface area contributed by atoms with E-state index in [1.54, 1.807) is 23.3 Å². The van der Waals surface area contributed by atoms with Crippen LogP contribution in [0.4, 0.5) is 10.5 Å². The van der Waals surface area contributed by atoms with Gasteiger partial charge in [-0.3, -0.25) is 4.79 Å². The van der Waals surface area contributed by atoms with Gasteiger partial charge >= 0.3 is 6.03 Å². The highest BCUT2D eigenvalue weighted by Gasteiger charge is 2.22. The van der Waals surface area contributed by atoms with E-state index in [0.29, 0.717) is 13.1 Å². The summed E-state index contributed by atoms with van der Waals surface area (Å²) >= 11 is 1.75. The van der Waals surface area contributed by atoms with Gasteiger partial charge in [0.05, 0.1) is 6.54 Å². The number of fused-ring (bicyclic) bond motifs is 1. The summed E-state index contributed by atoms with van der Waals surface area (Å²) in [6.07, 6.45) is 0.898. The van der Waals surface area contributed by atoms with E-state index >= 15 is 0 Å². The van der Waals surface area contributed by atoms with Crippen LogP contribution in [0.15, 0.2) is 35.7 Å². The Bertz CT molecular complexity index is 801. The van der Waals surface area contributed by atoms with Crippen molar-refractivity contribution in [1.82, 2.24) is 15.1 Å². The smallest absolute Gasteiger partial charge is 0.317 e. The minimum atomic E-state index is -0.242. The molecule has 0 bridgehead atoms. The fraction of sp³-hybridized carbons (Fsp3) is 0.400. The van der Waals surface area contributed by atoms with Crippen LogP contribution in [-0.4, -0.2) is 56.0 Å². The maximum Gasteiger partial charge on any atom is 0.317 e. The van der Waals surface area contributed by atoms with Crippen molar-refractivity contribution in [3.8, 4) is 0 Å². The molecule has 1 aromatic heterocycles. The fourth-order valence-corrected chi connectivity index (χ4v) is 3.99. The molecule has 27 heavy (non-hydrogen) atoms. The highest BCUT2D eigenvalue weighted by molar-refractivity contribution is 7.10. The first-order valence-electron chi connectivity index (χ1n) is 9.02. The number of carbonyl (C=O) groups excluding carboxylic acids is 2. The predicted molar refractivity (Wildman–Crippen MR) is 109 cm³/mol. The molecule has 7 heteroatoms. The molecule has 144 valence electrons. The Morgan fingerprint density at radius 3 is 2.59 bits per heavy atom. The van der Waals surface area contributed by atoms with Gasteiger partial charge in [0.2, 0.25) is 5.91 Å². The molecule has 0 saturated heterocycles. The SMILES string of the molecule is CN(Cc1ccc(N(C)C)cc1)C(=O)NCC(=O)N1CCc2sccc2C1. The predicted octanol–water partition coefficient (Wildman–Crippen LogP) is 2.54. The summed E-state index contributed by atoms with van der Waals surface area (Å²) in [4.78, 5) is 31.5. The zero-order chi connectivity index (χ0) is 19.4. The standard InChI is InChI=1S/C20H26N4O2S/c1-22(2)17-6-4-15(5-7-17)13-23(3)20(26)21-12-19(25)24-10-8-18-16(14-24)9-11-27-18/h4-7,9,11H,8,10,12-14H2,1-3H3,(H,21,26). The van der Waals surface area contributed by atoms with Crippen molar-refractivity contribution in [3.63, 3.8) is 0 Å². The van der Waals surface area contributed by atoms with Crippen LogP contribution in [0.2, 0.25) is 0 Å².